The molecule has 5 rings (SSSR count). The van der Waals surface area contributed by atoms with E-state index in [2.05, 4.69) is 19.8 Å². The lowest BCUT2D eigenvalue weighted by molar-refractivity contribution is -0.384. The Hall–Kier alpha value is -4.83. The van der Waals surface area contributed by atoms with Crippen molar-refractivity contribution < 1.29 is 28.9 Å². The topological polar surface area (TPSA) is 192 Å². The largest absolute Gasteiger partial charge is 0.456 e. The molecule has 0 aliphatic carbocycles. The molecule has 1 saturated heterocycles. The molecule has 2 amide bonds. The van der Waals surface area contributed by atoms with Gasteiger partial charge in [-0.1, -0.05) is 23.4 Å². The van der Waals surface area contributed by atoms with E-state index in [1.165, 1.54) is 40.9 Å². The van der Waals surface area contributed by atoms with Crippen LogP contribution in [0.4, 0.5) is 10.8 Å². The summed E-state index contributed by atoms with van der Waals surface area (Å²) < 4.78 is 9.35. The number of nitro groups is 1. The second kappa shape index (κ2) is 11.5. The second-order valence-electron chi connectivity index (χ2n) is 8.27. The minimum Gasteiger partial charge on any atom is -0.456 e. The molecule has 0 saturated carbocycles. The van der Waals surface area contributed by atoms with Crippen molar-refractivity contribution in [2.24, 2.45) is 5.16 Å². The quantitative estimate of drug-likeness (QED) is 0.123. The van der Waals surface area contributed by atoms with Gasteiger partial charge in [-0.25, -0.2) is 4.79 Å². The van der Waals surface area contributed by atoms with Crippen LogP contribution in [-0.2, 0) is 25.7 Å². The van der Waals surface area contributed by atoms with Gasteiger partial charge in [-0.3, -0.25) is 24.6 Å². The number of para-hydroxylation sites is 1. The number of ether oxygens (including phenoxy) is 1. The number of β-lactam (4-membered cyclic amide) rings is 1. The molecule has 40 heavy (non-hydrogen) atoms. The van der Waals surface area contributed by atoms with Gasteiger partial charge in [0.25, 0.3) is 17.5 Å². The summed E-state index contributed by atoms with van der Waals surface area (Å²) in [6, 6.07) is 13.1. The normalized spacial score (nSPS) is 18.2. The molecule has 2 aliphatic heterocycles. The van der Waals surface area contributed by atoms with E-state index in [1.807, 2.05) is 0 Å². The first kappa shape index (κ1) is 26.8. The summed E-state index contributed by atoms with van der Waals surface area (Å²) in [5, 5.41) is 16.9. The van der Waals surface area contributed by atoms with Crippen molar-refractivity contribution in [1.82, 2.24) is 19.6 Å². The number of oxime groups is 1. The highest BCUT2D eigenvalue weighted by Gasteiger charge is 2.53. The second-order valence-corrected chi connectivity index (χ2v) is 10.2. The van der Waals surface area contributed by atoms with Crippen LogP contribution in [0.5, 0.6) is 5.75 Å². The molecule has 1 fully saturated rings. The molecule has 2 atom stereocenters. The van der Waals surface area contributed by atoms with Gasteiger partial charge in [0, 0.05) is 29.4 Å². The van der Waals surface area contributed by atoms with Gasteiger partial charge in [-0.05, 0) is 35.9 Å². The van der Waals surface area contributed by atoms with E-state index in [-0.39, 0.29) is 34.7 Å². The van der Waals surface area contributed by atoms with Crippen molar-refractivity contribution in [2.75, 3.05) is 11.5 Å². The Kier molecular flexibility index (Phi) is 7.70. The Morgan fingerprint density at radius 1 is 1.20 bits per heavy atom. The third-order valence-corrected chi connectivity index (χ3v) is 7.44. The lowest BCUT2D eigenvalue weighted by Crippen LogP contribution is -2.70. The number of hydrogen-bond donors (Lipinski definition) is 2. The molecule has 204 valence electrons. The number of carbonyl (C=O) groups is 3. The Morgan fingerprint density at radius 3 is 2.62 bits per heavy atom. The Labute approximate surface area is 234 Å². The van der Waals surface area contributed by atoms with Gasteiger partial charge in [0.05, 0.1) is 4.92 Å². The van der Waals surface area contributed by atoms with Crippen LogP contribution in [0.25, 0.3) is 0 Å². The maximum Gasteiger partial charge on any atom is 0.355 e. The first-order chi connectivity index (χ1) is 19.3. The van der Waals surface area contributed by atoms with Gasteiger partial charge in [0.2, 0.25) is 11.5 Å². The summed E-state index contributed by atoms with van der Waals surface area (Å²) in [5.41, 5.74) is 5.91. The zero-order chi connectivity index (χ0) is 28.2. The van der Waals surface area contributed by atoms with E-state index in [4.69, 9.17) is 15.3 Å². The Morgan fingerprint density at radius 2 is 1.95 bits per heavy atom. The summed E-state index contributed by atoms with van der Waals surface area (Å²) in [7, 11) is 0. The molecule has 3 N–H and O–H groups in total. The molecule has 2 aromatic carbocycles. The maximum absolute atomic E-state index is 13.2. The van der Waals surface area contributed by atoms with E-state index in [0.29, 0.717) is 17.1 Å². The average Bonchev–Trinajstić information content (AvgIpc) is 3.40. The average molecular weight is 582 g/mol. The summed E-state index contributed by atoms with van der Waals surface area (Å²) in [4.78, 5) is 59.9. The van der Waals surface area contributed by atoms with Crippen LogP contribution in [-0.4, -0.2) is 59.8 Å². The number of amides is 2. The molecule has 0 bridgehead atoms. The zero-order valence-electron chi connectivity index (χ0n) is 20.3. The van der Waals surface area contributed by atoms with Crippen molar-refractivity contribution in [2.45, 2.75) is 18.0 Å². The van der Waals surface area contributed by atoms with Crippen molar-refractivity contribution in [1.29, 1.82) is 0 Å². The van der Waals surface area contributed by atoms with Gasteiger partial charge in [-0.2, -0.15) is 9.36 Å². The predicted molar refractivity (Wildman–Crippen MR) is 144 cm³/mol. The molecular weight excluding hydrogens is 562 g/mol. The number of aromatic nitrogens is 2. The molecule has 2 aliphatic rings. The number of esters is 1. The smallest absolute Gasteiger partial charge is 0.355 e. The molecule has 16 heteroatoms. The van der Waals surface area contributed by atoms with Gasteiger partial charge in [0.1, 0.15) is 23.7 Å². The summed E-state index contributed by atoms with van der Waals surface area (Å²) in [5.74, 6) is -1.31. The zero-order valence-corrected chi connectivity index (χ0v) is 22.0. The van der Waals surface area contributed by atoms with Gasteiger partial charge >= 0.3 is 5.97 Å². The van der Waals surface area contributed by atoms with Crippen molar-refractivity contribution in [3.63, 3.8) is 0 Å². The van der Waals surface area contributed by atoms with Crippen LogP contribution in [0.3, 0.4) is 0 Å². The minimum atomic E-state index is -0.957. The van der Waals surface area contributed by atoms with E-state index in [1.54, 1.807) is 36.4 Å². The van der Waals surface area contributed by atoms with Gasteiger partial charge in [-0.15, -0.1) is 11.8 Å². The number of non-ortho nitro benzene ring substituents is 1. The molecule has 3 heterocycles. The Balaban J connectivity index is 1.24. The number of nitrogens with two attached hydrogens (primary N) is 1. The molecule has 1 aromatic heterocycles. The fraction of sp³-hybridized carbons (Fsp3) is 0.167. The number of nitrogen functional groups attached to an aromatic ring is 1. The molecule has 0 spiro atoms. The predicted octanol–water partition coefficient (Wildman–Crippen LogP) is 1.84. The highest BCUT2D eigenvalue weighted by molar-refractivity contribution is 8.00. The summed E-state index contributed by atoms with van der Waals surface area (Å²) >= 11 is 2.22. The summed E-state index contributed by atoms with van der Waals surface area (Å²) in [6.07, 6.45) is 1.57. The first-order valence-electron chi connectivity index (χ1n) is 11.6. The van der Waals surface area contributed by atoms with Crippen molar-refractivity contribution >= 4 is 57.6 Å². The van der Waals surface area contributed by atoms with E-state index < -0.39 is 34.1 Å². The van der Waals surface area contributed by atoms with Crippen LogP contribution >= 0.6 is 23.3 Å². The third-order valence-electron chi connectivity index (χ3n) is 5.71. The van der Waals surface area contributed by atoms with E-state index in [9.17, 15) is 24.5 Å². The number of benzene rings is 2. The monoisotopic (exact) mass is 581 g/mol. The number of rotatable bonds is 9. The fourth-order valence-corrected chi connectivity index (χ4v) is 5.40. The number of anilines is 1. The molecule has 1 unspecified atom stereocenters. The highest BCUT2D eigenvalue weighted by Crippen LogP contribution is 2.38. The number of carbonyl (C=O) groups excluding carboxylic acids is 3. The standard InChI is InChI=1S/C24H19N7O7S2/c25-24-27-19(29-40-24)17(28-38-15-4-2-1-3-5-15)20(32)26-18-21(33)30-16(10-11-39-22(18)30)23(34)37-12-13-6-8-14(9-7-13)31(35)36/h1-10,18,22H,11-12H2,(H,26,32)(H2,25,27,29)/b28-17-/t18?,22-/m1/s1. The number of nitrogens with one attached hydrogen (secondary N) is 1. The van der Waals surface area contributed by atoms with Crippen LogP contribution in [0.1, 0.15) is 11.4 Å². The van der Waals surface area contributed by atoms with E-state index in [0.717, 1.165) is 11.5 Å². The molecule has 14 nitrogen and oxygen atoms in total. The maximum atomic E-state index is 13.2. The third kappa shape index (κ3) is 5.62. The van der Waals surface area contributed by atoms with Crippen molar-refractivity contribution in [3.05, 3.63) is 87.9 Å². The van der Waals surface area contributed by atoms with E-state index >= 15 is 0 Å². The van der Waals surface area contributed by atoms with Gasteiger partial charge in [0.15, 0.2) is 10.9 Å². The van der Waals surface area contributed by atoms with Crippen LogP contribution < -0.4 is 15.9 Å². The molecule has 3 aromatic rings. The van der Waals surface area contributed by atoms with Crippen molar-refractivity contribution in [3.8, 4) is 5.75 Å². The first-order valence-corrected chi connectivity index (χ1v) is 13.4. The highest BCUT2D eigenvalue weighted by atomic mass is 32.2. The minimum absolute atomic E-state index is 0.0522. The lowest BCUT2D eigenvalue weighted by Gasteiger charge is -2.48. The number of nitro benzene ring substituents is 1. The SMILES string of the molecule is Nc1nc(/C(=N/Oc2ccccc2)C(=O)NC2C(=O)N3C(C(=O)OCc4ccc([N+](=O)[O-])cc4)=CCS[C@H]23)ns1. The number of thioether (sulfide) groups is 1. The van der Waals surface area contributed by atoms with Crippen LogP contribution in [0, 0.1) is 10.1 Å². The van der Waals surface area contributed by atoms with Crippen LogP contribution in [0.15, 0.2) is 71.5 Å². The number of nitrogens with zero attached hydrogens (tertiary/aromatic N) is 5. The number of fused-ring (bicyclic) bond motifs is 1. The van der Waals surface area contributed by atoms with Gasteiger partial charge < -0.3 is 20.6 Å². The molecular formula is C24H19N7O7S2. The number of hydrogen-bond acceptors (Lipinski definition) is 13. The Bertz CT molecular complexity index is 1530. The lowest BCUT2D eigenvalue weighted by atomic mass is 10.0. The van der Waals surface area contributed by atoms with Crippen LogP contribution in [0.2, 0.25) is 0 Å². The fourth-order valence-electron chi connectivity index (χ4n) is 3.77. The molecule has 0 radical (unpaired) electrons. The summed E-state index contributed by atoms with van der Waals surface area (Å²) in [6.45, 7) is -0.140.